The Labute approximate surface area is 413 Å². The molecular formula is C54H101N3O9S. The number of ether oxygens (including phenoxy) is 2. The lowest BCUT2D eigenvalue weighted by atomic mass is 9.99. The lowest BCUT2D eigenvalue weighted by Gasteiger charge is -2.24. The first-order chi connectivity index (χ1) is 32.5. The number of unbranched alkanes of at least 4 members (excludes halogenated alkanes) is 28. The number of carboxylic acids is 1. The van der Waals surface area contributed by atoms with Crippen molar-refractivity contribution in [3.8, 4) is 0 Å². The molecule has 0 aliphatic heterocycles. The van der Waals surface area contributed by atoms with Gasteiger partial charge in [-0.15, -0.1) is 0 Å². The third-order valence-corrected chi connectivity index (χ3v) is 13.9. The third kappa shape index (κ3) is 40.7. The summed E-state index contributed by atoms with van der Waals surface area (Å²) in [6.45, 7) is 8.40. The Bertz CT molecular complexity index is 1250. The van der Waals surface area contributed by atoms with Gasteiger partial charge in [-0.05, 0) is 32.1 Å². The van der Waals surface area contributed by atoms with Gasteiger partial charge in [0.05, 0.1) is 0 Å². The Hall–Kier alpha value is -2.83. The Morgan fingerprint density at radius 1 is 0.478 bits per heavy atom. The molecule has 67 heavy (non-hydrogen) atoms. The van der Waals surface area contributed by atoms with Crippen molar-refractivity contribution in [1.29, 1.82) is 0 Å². The van der Waals surface area contributed by atoms with Gasteiger partial charge in [0.25, 0.3) is 0 Å². The highest BCUT2D eigenvalue weighted by Crippen LogP contribution is 2.21. The first kappa shape index (κ1) is 64.2. The summed E-state index contributed by atoms with van der Waals surface area (Å²) in [5.74, 6) is -3.14. The van der Waals surface area contributed by atoms with Gasteiger partial charge in [0, 0.05) is 36.7 Å². The molecule has 0 aromatic carbocycles. The van der Waals surface area contributed by atoms with Crippen LogP contribution in [0, 0.1) is 5.92 Å². The minimum absolute atomic E-state index is 0.0382. The molecule has 392 valence electrons. The van der Waals surface area contributed by atoms with Crippen LogP contribution in [0.25, 0.3) is 0 Å². The largest absolute Gasteiger partial charge is 0.481 e. The number of thioether (sulfide) groups is 1. The van der Waals surface area contributed by atoms with Crippen molar-refractivity contribution in [1.82, 2.24) is 10.6 Å². The molecule has 0 fully saturated rings. The quantitative estimate of drug-likeness (QED) is 0.0337. The second-order valence-electron chi connectivity index (χ2n) is 19.1. The highest BCUT2D eigenvalue weighted by atomic mass is 32.2. The maximum Gasteiger partial charge on any atom is 0.306 e. The van der Waals surface area contributed by atoms with Crippen molar-refractivity contribution in [2.75, 3.05) is 18.1 Å². The van der Waals surface area contributed by atoms with Crippen molar-refractivity contribution in [2.45, 2.75) is 283 Å². The molecule has 0 bridgehead atoms. The molecule has 0 aliphatic rings. The Morgan fingerprint density at radius 2 is 0.881 bits per heavy atom. The number of amides is 3. The second kappa shape index (κ2) is 46.9. The van der Waals surface area contributed by atoms with E-state index in [9.17, 15) is 28.8 Å². The standard InChI is InChI=1S/C54H101N3O9S/c1-5-9-12-15-18-21-22-23-24-27-28-31-34-37-45(53(63)56-47(8-4)54(64)57-48(52(55)62)40-41-49(58)59)43-67-44-46(66-51(61)39-36-33-30-26-20-17-14-11-7-3)42-65-50(60)38-35-32-29-25-19-16-13-10-6-2/h45-48H,5-44H2,1-4H3,(H2,55,62)(H,56,63)(H,57,64)(H,58,59)/t45-,46+,47-,48?/m0/s1. The molecule has 0 spiro atoms. The van der Waals surface area contributed by atoms with Crippen molar-refractivity contribution >= 4 is 47.4 Å². The summed E-state index contributed by atoms with van der Waals surface area (Å²) in [5.41, 5.74) is 5.47. The smallest absolute Gasteiger partial charge is 0.306 e. The minimum Gasteiger partial charge on any atom is -0.481 e. The van der Waals surface area contributed by atoms with Crippen LogP contribution in [-0.2, 0) is 38.2 Å². The first-order valence-electron chi connectivity index (χ1n) is 27.5. The summed E-state index contributed by atoms with van der Waals surface area (Å²) in [6, 6.07) is -2.12. The van der Waals surface area contributed by atoms with E-state index in [2.05, 4.69) is 31.4 Å². The van der Waals surface area contributed by atoms with Crippen LogP contribution in [0.15, 0.2) is 0 Å². The van der Waals surface area contributed by atoms with Crippen LogP contribution in [0.2, 0.25) is 0 Å². The van der Waals surface area contributed by atoms with Gasteiger partial charge in [-0.2, -0.15) is 11.8 Å². The Morgan fingerprint density at radius 3 is 1.30 bits per heavy atom. The van der Waals surface area contributed by atoms with Gasteiger partial charge in [0.2, 0.25) is 17.7 Å². The molecule has 0 saturated carbocycles. The SMILES string of the molecule is CCCCCCCCCCCCCCC[C@@H](CSC[C@@H](COC(=O)CCCCCCCCCCC)OC(=O)CCCCCCCCCCC)C(=O)N[C@@H](CC)C(=O)NC(CCC(=O)O)C(N)=O. The summed E-state index contributed by atoms with van der Waals surface area (Å²) in [4.78, 5) is 76.3. The predicted molar refractivity (Wildman–Crippen MR) is 276 cm³/mol. The van der Waals surface area contributed by atoms with Crippen molar-refractivity contribution < 1.29 is 43.3 Å². The molecule has 5 N–H and O–H groups in total. The molecule has 0 aliphatic carbocycles. The molecular weight excluding hydrogens is 867 g/mol. The number of primary amides is 1. The van der Waals surface area contributed by atoms with Gasteiger partial charge in [0.15, 0.2) is 0 Å². The molecule has 4 atom stereocenters. The minimum atomic E-state index is -1.18. The average molecular weight is 968 g/mol. The lowest BCUT2D eigenvalue weighted by Crippen LogP contribution is -2.53. The lowest BCUT2D eigenvalue weighted by molar-refractivity contribution is -0.157. The molecule has 0 saturated heterocycles. The Balaban J connectivity index is 5.56. The highest BCUT2D eigenvalue weighted by molar-refractivity contribution is 7.99. The molecule has 0 aromatic heterocycles. The first-order valence-corrected chi connectivity index (χ1v) is 28.7. The predicted octanol–water partition coefficient (Wildman–Crippen LogP) is 12.8. The van der Waals surface area contributed by atoms with E-state index in [1.54, 1.807) is 6.92 Å². The fraction of sp³-hybridized carbons (Fsp3) is 0.889. The van der Waals surface area contributed by atoms with Crippen molar-refractivity contribution in [3.05, 3.63) is 0 Å². The monoisotopic (exact) mass is 968 g/mol. The molecule has 0 aromatic rings. The zero-order chi connectivity index (χ0) is 49.6. The van der Waals surface area contributed by atoms with E-state index in [1.165, 1.54) is 147 Å². The summed E-state index contributed by atoms with van der Waals surface area (Å²) >= 11 is 1.47. The van der Waals surface area contributed by atoms with E-state index in [0.717, 1.165) is 64.2 Å². The molecule has 13 heteroatoms. The third-order valence-electron chi connectivity index (χ3n) is 12.7. The molecule has 0 radical (unpaired) electrons. The van der Waals surface area contributed by atoms with E-state index in [4.69, 9.17) is 20.3 Å². The second-order valence-corrected chi connectivity index (χ2v) is 20.2. The van der Waals surface area contributed by atoms with Gasteiger partial charge in [-0.25, -0.2) is 0 Å². The van der Waals surface area contributed by atoms with Gasteiger partial charge in [0.1, 0.15) is 24.8 Å². The maximum absolute atomic E-state index is 13.9. The molecule has 3 amide bonds. The van der Waals surface area contributed by atoms with Gasteiger partial charge in [-0.1, -0.05) is 214 Å². The summed E-state index contributed by atoms with van der Waals surface area (Å²) in [6.07, 6.45) is 36.7. The molecule has 0 heterocycles. The van der Waals surface area contributed by atoms with Crippen LogP contribution in [0.5, 0.6) is 0 Å². The highest BCUT2D eigenvalue weighted by Gasteiger charge is 2.28. The molecule has 12 nitrogen and oxygen atoms in total. The van der Waals surface area contributed by atoms with Crippen LogP contribution in [0.4, 0.5) is 0 Å². The van der Waals surface area contributed by atoms with E-state index >= 15 is 0 Å². The van der Waals surface area contributed by atoms with Crippen LogP contribution >= 0.6 is 11.8 Å². The number of rotatable bonds is 50. The van der Waals surface area contributed by atoms with E-state index < -0.39 is 41.9 Å². The van der Waals surface area contributed by atoms with E-state index in [-0.39, 0.29) is 43.7 Å². The van der Waals surface area contributed by atoms with Crippen molar-refractivity contribution in [2.24, 2.45) is 11.7 Å². The zero-order valence-corrected chi connectivity index (χ0v) is 44.1. The number of aliphatic carboxylic acids is 1. The van der Waals surface area contributed by atoms with Crippen LogP contribution in [-0.4, -0.2) is 77.0 Å². The number of carbonyl (C=O) groups excluding carboxylic acids is 5. The van der Waals surface area contributed by atoms with Crippen molar-refractivity contribution in [3.63, 3.8) is 0 Å². The molecule has 0 rings (SSSR count). The number of nitrogens with two attached hydrogens (primary N) is 1. The fourth-order valence-electron chi connectivity index (χ4n) is 8.29. The Kier molecular flexibility index (Phi) is 44.9. The average Bonchev–Trinajstić information content (AvgIpc) is 3.30. The number of esters is 2. The topological polar surface area (TPSA) is 191 Å². The normalized spacial score (nSPS) is 13.1. The summed E-state index contributed by atoms with van der Waals surface area (Å²) < 4.78 is 11.6. The number of carboxylic acid groups (broad SMARTS) is 1. The number of hydrogen-bond donors (Lipinski definition) is 4. The maximum atomic E-state index is 13.9. The van der Waals surface area contributed by atoms with Gasteiger partial charge < -0.3 is 30.9 Å². The molecule has 1 unspecified atom stereocenters. The number of carbonyl (C=O) groups is 6. The number of nitrogens with one attached hydrogen (secondary N) is 2. The van der Waals surface area contributed by atoms with E-state index in [1.807, 2.05) is 0 Å². The fourth-order valence-corrected chi connectivity index (χ4v) is 9.45. The van der Waals surface area contributed by atoms with Crippen LogP contribution in [0.3, 0.4) is 0 Å². The summed E-state index contributed by atoms with van der Waals surface area (Å²) in [7, 11) is 0. The van der Waals surface area contributed by atoms with Crippen LogP contribution < -0.4 is 16.4 Å². The zero-order valence-electron chi connectivity index (χ0n) is 43.3. The van der Waals surface area contributed by atoms with Gasteiger partial charge >= 0.3 is 17.9 Å². The van der Waals surface area contributed by atoms with E-state index in [0.29, 0.717) is 30.8 Å². The summed E-state index contributed by atoms with van der Waals surface area (Å²) in [5, 5.41) is 14.5. The van der Waals surface area contributed by atoms with Crippen LogP contribution in [0.1, 0.15) is 265 Å². The van der Waals surface area contributed by atoms with Gasteiger partial charge in [-0.3, -0.25) is 28.8 Å². The number of hydrogen-bond acceptors (Lipinski definition) is 9.